The topological polar surface area (TPSA) is 40.5 Å². The Bertz CT molecular complexity index is 344. The Morgan fingerprint density at radius 1 is 0.905 bits per heavy atom. The molecule has 0 bridgehead atoms. The summed E-state index contributed by atoms with van der Waals surface area (Å²) in [5, 5.41) is 15.2. The maximum absolute atomic E-state index is 12.1. The molecule has 124 valence electrons. The maximum atomic E-state index is 12.1. The highest BCUT2D eigenvalue weighted by Crippen LogP contribution is 2.44. The smallest absolute Gasteiger partial charge is 0.335 e. The quantitative estimate of drug-likeness (QED) is 0.612. The molecule has 0 heterocycles. The van der Waals surface area contributed by atoms with Crippen molar-refractivity contribution < 1.29 is 36.6 Å². The maximum Gasteiger partial charge on any atom is 0.396 e. The molecule has 2 N–H and O–H groups in total. The lowest BCUT2D eigenvalue weighted by Crippen LogP contribution is -2.59. The van der Waals surface area contributed by atoms with Crippen molar-refractivity contribution in [2.75, 3.05) is 0 Å². The number of allylic oxidation sites excluding steroid dienone is 4. The molecule has 1 aliphatic rings. The zero-order valence-corrected chi connectivity index (χ0v) is 11.4. The molecule has 0 saturated carbocycles. The highest BCUT2D eigenvalue weighted by molar-refractivity contribution is 5.03. The average Bonchev–Trinajstić information content (AvgIpc) is 2.26. The number of aliphatic hydroxyl groups is 2. The third-order valence-electron chi connectivity index (χ3n) is 2.69. The van der Waals surface area contributed by atoms with Crippen molar-refractivity contribution in [3.63, 3.8) is 0 Å². The van der Waals surface area contributed by atoms with Crippen molar-refractivity contribution in [1.29, 1.82) is 0 Å². The lowest BCUT2D eigenvalue weighted by atomic mass is 10.1. The van der Waals surface area contributed by atoms with E-state index in [1.54, 1.807) is 0 Å². The summed E-state index contributed by atoms with van der Waals surface area (Å²) in [5.41, 5.74) is 0. The predicted molar refractivity (Wildman–Crippen MR) is 65.5 cm³/mol. The Labute approximate surface area is 118 Å². The molecule has 2 nitrogen and oxygen atoms in total. The summed E-state index contributed by atoms with van der Waals surface area (Å²) < 4.78 is 72.1. The second kappa shape index (κ2) is 7.84. The minimum absolute atomic E-state index is 0.0413. The second-order valence-corrected chi connectivity index (χ2v) is 4.54. The molecule has 0 aromatic heterocycles. The molecule has 0 fully saturated rings. The SMILES string of the molecule is C1=CCCCCC=C1.CC(F)C(F)(F)C(F)(F)C(O)(O)F. The monoisotopic (exact) mass is 320 g/mol. The predicted octanol–water partition coefficient (Wildman–Crippen LogP) is 3.90. The molecular formula is C13H18F6O2. The Morgan fingerprint density at radius 3 is 1.52 bits per heavy atom. The van der Waals surface area contributed by atoms with Crippen molar-refractivity contribution in [3.8, 4) is 0 Å². The molecule has 0 saturated heterocycles. The van der Waals surface area contributed by atoms with Gasteiger partial charge in [0.15, 0.2) is 6.17 Å². The van der Waals surface area contributed by atoms with Crippen LogP contribution in [0, 0.1) is 0 Å². The molecule has 1 unspecified atom stereocenters. The average molecular weight is 320 g/mol. The van der Waals surface area contributed by atoms with E-state index < -0.39 is 24.1 Å². The van der Waals surface area contributed by atoms with Crippen LogP contribution in [0.4, 0.5) is 26.3 Å². The van der Waals surface area contributed by atoms with Gasteiger partial charge in [0, 0.05) is 0 Å². The Kier molecular flexibility index (Phi) is 7.46. The van der Waals surface area contributed by atoms with Crippen LogP contribution in [0.25, 0.3) is 0 Å². The van der Waals surface area contributed by atoms with Crippen LogP contribution < -0.4 is 0 Å². The molecule has 0 spiro atoms. The van der Waals surface area contributed by atoms with E-state index in [1.807, 2.05) is 0 Å². The Morgan fingerprint density at radius 2 is 1.29 bits per heavy atom. The number of alkyl halides is 6. The van der Waals surface area contributed by atoms with Gasteiger partial charge in [-0.1, -0.05) is 24.3 Å². The van der Waals surface area contributed by atoms with Gasteiger partial charge < -0.3 is 10.2 Å². The zero-order valence-electron chi connectivity index (χ0n) is 11.4. The highest BCUT2D eigenvalue weighted by atomic mass is 19.3. The number of rotatable bonds is 3. The summed E-state index contributed by atoms with van der Waals surface area (Å²) in [6.07, 6.45) is 10.6. The molecular weight excluding hydrogens is 302 g/mol. The van der Waals surface area contributed by atoms with E-state index in [1.165, 1.54) is 25.7 Å². The van der Waals surface area contributed by atoms with Crippen LogP contribution in [0.5, 0.6) is 0 Å². The van der Waals surface area contributed by atoms with Crippen LogP contribution in [0.15, 0.2) is 24.3 Å². The first-order chi connectivity index (χ1) is 9.44. The molecule has 0 aromatic carbocycles. The first-order valence-electron chi connectivity index (χ1n) is 6.29. The van der Waals surface area contributed by atoms with E-state index in [2.05, 4.69) is 24.3 Å². The largest absolute Gasteiger partial charge is 0.396 e. The molecule has 21 heavy (non-hydrogen) atoms. The van der Waals surface area contributed by atoms with Gasteiger partial charge in [-0.15, -0.1) is 0 Å². The first-order valence-corrected chi connectivity index (χ1v) is 6.29. The van der Waals surface area contributed by atoms with Gasteiger partial charge in [0.05, 0.1) is 0 Å². The minimum Gasteiger partial charge on any atom is -0.335 e. The van der Waals surface area contributed by atoms with E-state index in [0.29, 0.717) is 0 Å². The first kappa shape index (κ1) is 20.0. The lowest BCUT2D eigenvalue weighted by Gasteiger charge is -2.31. The molecule has 1 rings (SSSR count). The molecule has 0 aromatic rings. The van der Waals surface area contributed by atoms with E-state index in [9.17, 15) is 26.3 Å². The second-order valence-electron chi connectivity index (χ2n) is 4.54. The molecule has 8 heteroatoms. The summed E-state index contributed by atoms with van der Waals surface area (Å²) in [6.45, 7) is 0.0413. The van der Waals surface area contributed by atoms with Crippen LogP contribution in [-0.2, 0) is 0 Å². The molecule has 0 aliphatic heterocycles. The van der Waals surface area contributed by atoms with Crippen LogP contribution in [-0.4, -0.2) is 34.3 Å². The molecule has 0 amide bonds. The van der Waals surface area contributed by atoms with Crippen LogP contribution in [0.1, 0.15) is 32.6 Å². The van der Waals surface area contributed by atoms with Gasteiger partial charge in [0.1, 0.15) is 0 Å². The number of hydrogen-bond acceptors (Lipinski definition) is 2. The van der Waals surface area contributed by atoms with Crippen molar-refractivity contribution >= 4 is 0 Å². The fourth-order valence-electron chi connectivity index (χ4n) is 1.34. The van der Waals surface area contributed by atoms with E-state index in [0.717, 1.165) is 0 Å². The van der Waals surface area contributed by atoms with Crippen LogP contribution in [0.3, 0.4) is 0 Å². The van der Waals surface area contributed by atoms with Gasteiger partial charge in [0.25, 0.3) is 0 Å². The molecule has 0 radical (unpaired) electrons. The van der Waals surface area contributed by atoms with Gasteiger partial charge >= 0.3 is 17.9 Å². The Hall–Kier alpha value is -1.02. The van der Waals surface area contributed by atoms with Crippen molar-refractivity contribution in [2.45, 2.75) is 56.7 Å². The fraction of sp³-hybridized carbons (Fsp3) is 0.692. The van der Waals surface area contributed by atoms with Gasteiger partial charge in [-0.05, 0) is 32.6 Å². The van der Waals surface area contributed by atoms with E-state index >= 15 is 0 Å². The van der Waals surface area contributed by atoms with E-state index in [4.69, 9.17) is 10.2 Å². The normalized spacial score (nSPS) is 18.3. The molecule has 1 atom stereocenters. The third kappa shape index (κ3) is 5.70. The molecule has 1 aliphatic carbocycles. The standard InChI is InChI=1S/C8H12.C5H6F6O2/c1-2-4-6-8-7-5-3-1;1-2(6)3(7,8)4(9,10)5(11,12)13/h1-4H,5-8H2;2,12-13H,1H3. The lowest BCUT2D eigenvalue weighted by molar-refractivity contribution is -0.420. The summed E-state index contributed by atoms with van der Waals surface area (Å²) in [4.78, 5) is 0. The van der Waals surface area contributed by atoms with Crippen LogP contribution >= 0.6 is 0 Å². The Balaban J connectivity index is 0.000000423. The van der Waals surface area contributed by atoms with Gasteiger partial charge in [-0.2, -0.15) is 22.0 Å². The van der Waals surface area contributed by atoms with Gasteiger partial charge in [0.2, 0.25) is 0 Å². The van der Waals surface area contributed by atoms with Crippen molar-refractivity contribution in [1.82, 2.24) is 0 Å². The minimum atomic E-state index is -5.91. The third-order valence-corrected chi connectivity index (χ3v) is 2.69. The van der Waals surface area contributed by atoms with Crippen molar-refractivity contribution in [3.05, 3.63) is 24.3 Å². The number of hydrogen-bond donors (Lipinski definition) is 2. The summed E-state index contributed by atoms with van der Waals surface area (Å²) in [7, 11) is 0. The van der Waals surface area contributed by atoms with E-state index in [-0.39, 0.29) is 6.92 Å². The fourth-order valence-corrected chi connectivity index (χ4v) is 1.34. The summed E-state index contributed by atoms with van der Waals surface area (Å²) >= 11 is 0. The highest BCUT2D eigenvalue weighted by Gasteiger charge is 2.72. The van der Waals surface area contributed by atoms with Crippen molar-refractivity contribution in [2.24, 2.45) is 0 Å². The summed E-state index contributed by atoms with van der Waals surface area (Å²) in [5.74, 6) is -11.4. The van der Waals surface area contributed by atoms with Gasteiger partial charge in [-0.3, -0.25) is 0 Å². The van der Waals surface area contributed by atoms with Gasteiger partial charge in [-0.25, -0.2) is 4.39 Å². The zero-order chi connectivity index (χ0) is 16.7. The summed E-state index contributed by atoms with van der Waals surface area (Å²) in [6, 6.07) is -5.46. The van der Waals surface area contributed by atoms with Crippen LogP contribution in [0.2, 0.25) is 0 Å². The number of halogens is 6.